The number of nitrogens with zero attached hydrogens (tertiary/aromatic N) is 3. The average molecular weight is 316 g/mol. The summed E-state index contributed by atoms with van der Waals surface area (Å²) in [4.78, 5) is 16.8. The van der Waals surface area contributed by atoms with E-state index in [2.05, 4.69) is 25.1 Å². The number of para-hydroxylation sites is 1. The van der Waals surface area contributed by atoms with Crippen molar-refractivity contribution in [2.75, 3.05) is 5.32 Å². The van der Waals surface area contributed by atoms with Crippen LogP contribution in [0.4, 0.5) is 5.82 Å². The van der Waals surface area contributed by atoms with E-state index in [1.807, 2.05) is 18.3 Å². The molecule has 7 heteroatoms. The Morgan fingerprint density at radius 2 is 2.36 bits per heavy atom. The molecule has 0 spiro atoms. The molecule has 112 valence electrons. The van der Waals surface area contributed by atoms with Crippen LogP contribution in [0.1, 0.15) is 12.2 Å². The number of H-pyrrole nitrogens is 1. The highest BCUT2D eigenvalue weighted by atomic mass is 35.5. The zero-order chi connectivity index (χ0) is 15.1. The molecule has 0 bridgehead atoms. The minimum absolute atomic E-state index is 0.0253. The van der Waals surface area contributed by atoms with E-state index in [0.717, 1.165) is 29.7 Å². The molecule has 2 N–H and O–H groups in total. The lowest BCUT2D eigenvalue weighted by Crippen LogP contribution is -2.30. The number of hydrogen-bond acceptors (Lipinski definition) is 3. The molecule has 1 atom stereocenters. The molecule has 3 aromatic rings. The van der Waals surface area contributed by atoms with Crippen molar-refractivity contribution in [2.45, 2.75) is 19.4 Å². The van der Waals surface area contributed by atoms with E-state index in [-0.39, 0.29) is 11.8 Å². The predicted molar refractivity (Wildman–Crippen MR) is 83.8 cm³/mol. The number of aryl methyl sites for hydroxylation is 1. The zero-order valence-electron chi connectivity index (χ0n) is 11.7. The maximum atomic E-state index is 12.5. The van der Waals surface area contributed by atoms with Crippen LogP contribution in [0.3, 0.4) is 0 Å². The van der Waals surface area contributed by atoms with E-state index in [1.54, 1.807) is 12.3 Å². The number of carbonyl (C=O) groups is 1. The summed E-state index contributed by atoms with van der Waals surface area (Å²) in [6.45, 7) is 0.820. The molecule has 0 aliphatic carbocycles. The van der Waals surface area contributed by atoms with Gasteiger partial charge in [0.2, 0.25) is 5.91 Å². The summed E-state index contributed by atoms with van der Waals surface area (Å²) in [6, 6.07) is 5.51. The molecular formula is C15H14ClN5O. The van der Waals surface area contributed by atoms with Crippen molar-refractivity contribution in [3.63, 3.8) is 0 Å². The number of amides is 1. The third kappa shape index (κ3) is 2.16. The van der Waals surface area contributed by atoms with Crippen molar-refractivity contribution in [1.82, 2.24) is 19.7 Å². The van der Waals surface area contributed by atoms with Gasteiger partial charge < -0.3 is 9.88 Å². The van der Waals surface area contributed by atoms with Crippen LogP contribution in [0, 0.1) is 5.92 Å². The van der Waals surface area contributed by atoms with Gasteiger partial charge in [-0.05, 0) is 18.6 Å². The van der Waals surface area contributed by atoms with Gasteiger partial charge in [-0.25, -0.2) is 4.98 Å². The Labute approximate surface area is 131 Å². The minimum Gasteiger partial charge on any atom is -0.335 e. The smallest absolute Gasteiger partial charge is 0.229 e. The lowest BCUT2D eigenvalue weighted by atomic mass is 9.97. The van der Waals surface area contributed by atoms with Gasteiger partial charge >= 0.3 is 0 Å². The molecule has 1 aliphatic rings. The van der Waals surface area contributed by atoms with Crippen molar-refractivity contribution in [3.05, 3.63) is 41.4 Å². The number of rotatable bonds is 2. The van der Waals surface area contributed by atoms with Crippen LogP contribution >= 0.6 is 11.6 Å². The number of imidazole rings is 1. The second-order valence-electron chi connectivity index (χ2n) is 5.45. The van der Waals surface area contributed by atoms with Gasteiger partial charge in [0.1, 0.15) is 5.82 Å². The number of aromatic amines is 1. The first kappa shape index (κ1) is 13.3. The van der Waals surface area contributed by atoms with Crippen molar-refractivity contribution >= 4 is 34.2 Å². The Bertz CT molecular complexity index is 853. The second kappa shape index (κ2) is 5.14. The van der Waals surface area contributed by atoms with Crippen LogP contribution < -0.4 is 5.32 Å². The first-order valence-corrected chi connectivity index (χ1v) is 7.53. The maximum Gasteiger partial charge on any atom is 0.229 e. The number of aromatic nitrogens is 4. The van der Waals surface area contributed by atoms with Crippen LogP contribution in [0.5, 0.6) is 0 Å². The molecule has 4 rings (SSSR count). The number of nitrogens with one attached hydrogen (secondary N) is 2. The van der Waals surface area contributed by atoms with Gasteiger partial charge in [0.15, 0.2) is 5.82 Å². The van der Waals surface area contributed by atoms with Crippen molar-refractivity contribution < 1.29 is 4.79 Å². The quantitative estimate of drug-likeness (QED) is 0.763. The first-order valence-electron chi connectivity index (χ1n) is 7.16. The molecule has 0 saturated heterocycles. The number of hydrogen-bond donors (Lipinski definition) is 2. The Kier molecular flexibility index (Phi) is 3.11. The SMILES string of the molecule is O=C(Nc1n[nH]c2c(Cl)cccc12)[C@@H]1CCn2ccnc2C1. The summed E-state index contributed by atoms with van der Waals surface area (Å²) in [7, 11) is 0. The van der Waals surface area contributed by atoms with Crippen molar-refractivity contribution in [3.8, 4) is 0 Å². The molecule has 6 nitrogen and oxygen atoms in total. The third-order valence-corrected chi connectivity index (χ3v) is 4.42. The summed E-state index contributed by atoms with van der Waals surface area (Å²) in [5.41, 5.74) is 0.735. The van der Waals surface area contributed by atoms with E-state index >= 15 is 0 Å². The molecular weight excluding hydrogens is 302 g/mol. The highest BCUT2D eigenvalue weighted by Crippen LogP contribution is 2.27. The molecule has 0 fully saturated rings. The molecule has 1 amide bonds. The fourth-order valence-electron chi connectivity index (χ4n) is 2.90. The van der Waals surface area contributed by atoms with Crippen molar-refractivity contribution in [2.24, 2.45) is 5.92 Å². The van der Waals surface area contributed by atoms with Crippen LogP contribution in [0.15, 0.2) is 30.6 Å². The predicted octanol–water partition coefficient (Wildman–Crippen LogP) is 2.61. The van der Waals surface area contributed by atoms with Crippen molar-refractivity contribution in [1.29, 1.82) is 0 Å². The van der Waals surface area contributed by atoms with Gasteiger partial charge in [0.25, 0.3) is 0 Å². The van der Waals surface area contributed by atoms with Crippen LogP contribution in [-0.4, -0.2) is 25.7 Å². The van der Waals surface area contributed by atoms with Crippen LogP contribution in [0.25, 0.3) is 10.9 Å². The highest BCUT2D eigenvalue weighted by molar-refractivity contribution is 6.35. The van der Waals surface area contributed by atoms with E-state index < -0.39 is 0 Å². The summed E-state index contributed by atoms with van der Waals surface area (Å²) in [6.07, 6.45) is 5.19. The Hall–Kier alpha value is -2.34. The number of anilines is 1. The van der Waals surface area contributed by atoms with Crippen LogP contribution in [0.2, 0.25) is 5.02 Å². The molecule has 1 aromatic carbocycles. The topological polar surface area (TPSA) is 75.6 Å². The summed E-state index contributed by atoms with van der Waals surface area (Å²) in [5.74, 6) is 1.38. The average Bonchev–Trinajstić information content (AvgIpc) is 3.14. The number of benzene rings is 1. The van der Waals surface area contributed by atoms with E-state index in [9.17, 15) is 4.79 Å². The van der Waals surface area contributed by atoms with Crippen LogP contribution in [-0.2, 0) is 17.8 Å². The monoisotopic (exact) mass is 315 g/mol. The first-order chi connectivity index (χ1) is 10.7. The molecule has 22 heavy (non-hydrogen) atoms. The second-order valence-corrected chi connectivity index (χ2v) is 5.86. The van der Waals surface area contributed by atoms with E-state index in [4.69, 9.17) is 11.6 Å². The normalized spacial score (nSPS) is 17.4. The summed E-state index contributed by atoms with van der Waals surface area (Å²) >= 11 is 6.10. The number of halogens is 1. The zero-order valence-corrected chi connectivity index (χ0v) is 12.5. The van der Waals surface area contributed by atoms with Gasteiger partial charge in [0.05, 0.1) is 10.5 Å². The maximum absolute atomic E-state index is 12.5. The highest BCUT2D eigenvalue weighted by Gasteiger charge is 2.26. The third-order valence-electron chi connectivity index (χ3n) is 4.11. The number of fused-ring (bicyclic) bond motifs is 2. The summed E-state index contributed by atoms with van der Waals surface area (Å²) < 4.78 is 2.09. The molecule has 3 heterocycles. The molecule has 0 radical (unpaired) electrons. The standard InChI is InChI=1S/C15H14ClN5O/c16-11-3-1-2-10-13(11)19-20-14(10)18-15(22)9-4-6-21-7-5-17-12(21)8-9/h1-3,5,7,9H,4,6,8H2,(H2,18,19,20,22)/t9-/m1/s1. The van der Waals surface area contributed by atoms with Gasteiger partial charge in [-0.3, -0.25) is 9.89 Å². The Morgan fingerprint density at radius 1 is 1.45 bits per heavy atom. The Balaban J connectivity index is 1.56. The lowest BCUT2D eigenvalue weighted by Gasteiger charge is -2.22. The van der Waals surface area contributed by atoms with Gasteiger partial charge in [-0.2, -0.15) is 5.10 Å². The fourth-order valence-corrected chi connectivity index (χ4v) is 3.11. The minimum atomic E-state index is -0.0826. The molecule has 0 unspecified atom stereocenters. The van der Waals surface area contributed by atoms with E-state index in [1.165, 1.54) is 0 Å². The summed E-state index contributed by atoms with van der Waals surface area (Å²) in [5, 5.41) is 11.3. The van der Waals surface area contributed by atoms with Gasteiger partial charge in [-0.15, -0.1) is 0 Å². The fraction of sp³-hybridized carbons (Fsp3) is 0.267. The largest absolute Gasteiger partial charge is 0.335 e. The van der Waals surface area contributed by atoms with E-state index in [0.29, 0.717) is 17.3 Å². The Morgan fingerprint density at radius 3 is 3.27 bits per heavy atom. The molecule has 0 saturated carbocycles. The van der Waals surface area contributed by atoms with Gasteiger partial charge in [-0.1, -0.05) is 17.7 Å². The molecule has 2 aromatic heterocycles. The molecule has 1 aliphatic heterocycles. The lowest BCUT2D eigenvalue weighted by molar-refractivity contribution is -0.120. The van der Waals surface area contributed by atoms with Gasteiger partial charge in [0, 0.05) is 36.7 Å². The number of carbonyl (C=O) groups excluding carboxylic acids is 1.